The van der Waals surface area contributed by atoms with E-state index in [4.69, 9.17) is 4.42 Å². The first-order chi connectivity index (χ1) is 12.9. The summed E-state index contributed by atoms with van der Waals surface area (Å²) >= 11 is 0. The summed E-state index contributed by atoms with van der Waals surface area (Å²) in [5, 5.41) is 7.27. The minimum absolute atomic E-state index is 0.267. The molecule has 0 aliphatic heterocycles. The maximum atomic E-state index is 13.6. The molecule has 0 unspecified atom stereocenters. The Morgan fingerprint density at radius 2 is 2.07 bits per heavy atom. The molecule has 0 spiro atoms. The topological polar surface area (TPSA) is 65.0 Å². The van der Waals surface area contributed by atoms with Crippen LogP contribution in [0.2, 0.25) is 0 Å². The van der Waals surface area contributed by atoms with Gasteiger partial charge in [0.25, 0.3) is 5.91 Å². The van der Waals surface area contributed by atoms with Crippen molar-refractivity contribution in [2.45, 2.75) is 20.4 Å². The molecule has 0 aliphatic carbocycles. The van der Waals surface area contributed by atoms with Crippen molar-refractivity contribution >= 4 is 22.7 Å². The maximum Gasteiger partial charge on any atom is 0.272 e. The highest BCUT2D eigenvalue weighted by Gasteiger charge is 2.20. The summed E-state index contributed by atoms with van der Waals surface area (Å²) in [6.45, 7) is 4.10. The van der Waals surface area contributed by atoms with Crippen LogP contribution in [0.1, 0.15) is 27.4 Å². The van der Waals surface area contributed by atoms with E-state index < -0.39 is 0 Å². The second kappa shape index (κ2) is 6.42. The van der Waals surface area contributed by atoms with Crippen LogP contribution in [0.25, 0.3) is 11.1 Å². The second-order valence-corrected chi connectivity index (χ2v) is 6.54. The molecule has 4 rings (SSSR count). The van der Waals surface area contributed by atoms with Gasteiger partial charge in [0.05, 0.1) is 28.9 Å². The van der Waals surface area contributed by atoms with E-state index in [-0.39, 0.29) is 11.7 Å². The lowest BCUT2D eigenvalue weighted by Gasteiger charge is -2.11. The molecule has 0 atom stereocenters. The van der Waals surface area contributed by atoms with Crippen molar-refractivity contribution in [3.63, 3.8) is 0 Å². The largest absolute Gasteiger partial charge is 0.463 e. The molecule has 3 heterocycles. The number of carbonyl (C=O) groups is 1. The molecule has 0 saturated carbocycles. The van der Waals surface area contributed by atoms with Crippen molar-refractivity contribution in [1.29, 1.82) is 0 Å². The number of hydrogen-bond acceptors (Lipinski definition) is 3. The Balaban J connectivity index is 1.73. The molecule has 0 fully saturated rings. The van der Waals surface area contributed by atoms with Crippen LogP contribution in [0.3, 0.4) is 0 Å². The van der Waals surface area contributed by atoms with Gasteiger partial charge in [-0.3, -0.25) is 9.48 Å². The SMILES string of the molecule is Cc1nn(C)c(C)c1NC(=O)c1cc2occc2n1Cc1cccc(F)c1. The summed E-state index contributed by atoms with van der Waals surface area (Å²) in [7, 11) is 1.83. The molecule has 27 heavy (non-hydrogen) atoms. The van der Waals surface area contributed by atoms with Gasteiger partial charge in [0.1, 0.15) is 11.5 Å². The van der Waals surface area contributed by atoms with E-state index >= 15 is 0 Å². The minimum atomic E-state index is -0.310. The maximum absolute atomic E-state index is 13.6. The molecular weight excluding hydrogens is 347 g/mol. The molecule has 3 aromatic heterocycles. The summed E-state index contributed by atoms with van der Waals surface area (Å²) in [4.78, 5) is 13.0. The van der Waals surface area contributed by atoms with Gasteiger partial charge in [-0.25, -0.2) is 4.39 Å². The van der Waals surface area contributed by atoms with Crippen molar-refractivity contribution in [3.05, 3.63) is 71.1 Å². The van der Waals surface area contributed by atoms with Gasteiger partial charge >= 0.3 is 0 Å². The Kier molecular flexibility index (Phi) is 4.07. The number of rotatable bonds is 4. The van der Waals surface area contributed by atoms with Gasteiger partial charge in [-0.1, -0.05) is 12.1 Å². The smallest absolute Gasteiger partial charge is 0.272 e. The molecule has 1 aromatic carbocycles. The quantitative estimate of drug-likeness (QED) is 0.593. The average Bonchev–Trinajstić information content (AvgIpc) is 3.27. The van der Waals surface area contributed by atoms with E-state index in [0.29, 0.717) is 23.5 Å². The standard InChI is InChI=1S/C20H19FN4O2/c1-12-19(13(2)24(3)23-12)22-20(26)17-10-18-16(7-8-27-18)25(17)11-14-5-4-6-15(21)9-14/h4-10H,11H2,1-3H3,(H,22,26). The first-order valence-electron chi connectivity index (χ1n) is 8.57. The number of fused-ring (bicyclic) bond motifs is 1. The Morgan fingerprint density at radius 1 is 1.26 bits per heavy atom. The molecule has 0 saturated heterocycles. The number of aryl methyl sites for hydroxylation is 2. The fourth-order valence-corrected chi connectivity index (χ4v) is 3.29. The van der Waals surface area contributed by atoms with E-state index in [1.165, 1.54) is 12.1 Å². The molecule has 0 aliphatic rings. The third-order valence-electron chi connectivity index (χ3n) is 4.73. The molecule has 4 aromatic rings. The van der Waals surface area contributed by atoms with Crippen molar-refractivity contribution in [3.8, 4) is 0 Å². The lowest BCUT2D eigenvalue weighted by atomic mass is 10.2. The Hall–Kier alpha value is -3.35. The number of hydrogen-bond donors (Lipinski definition) is 1. The zero-order chi connectivity index (χ0) is 19.1. The number of aromatic nitrogens is 3. The van der Waals surface area contributed by atoms with Crippen molar-refractivity contribution < 1.29 is 13.6 Å². The average molecular weight is 366 g/mol. The number of carbonyl (C=O) groups excluding carboxylic acids is 1. The van der Waals surface area contributed by atoms with Crippen LogP contribution in [-0.4, -0.2) is 20.3 Å². The van der Waals surface area contributed by atoms with Crippen LogP contribution in [0.15, 0.2) is 47.1 Å². The van der Waals surface area contributed by atoms with Crippen LogP contribution < -0.4 is 5.32 Å². The molecular formula is C20H19FN4O2. The van der Waals surface area contributed by atoms with Gasteiger partial charge < -0.3 is 14.3 Å². The molecule has 6 nitrogen and oxygen atoms in total. The zero-order valence-electron chi connectivity index (χ0n) is 15.3. The predicted octanol–water partition coefficient (Wildman–Crippen LogP) is 4.02. The Labute approximate surface area is 155 Å². The molecule has 7 heteroatoms. The second-order valence-electron chi connectivity index (χ2n) is 6.54. The Morgan fingerprint density at radius 3 is 2.78 bits per heavy atom. The van der Waals surface area contributed by atoms with Crippen LogP contribution in [0, 0.1) is 19.7 Å². The molecule has 1 N–H and O–H groups in total. The lowest BCUT2D eigenvalue weighted by molar-refractivity contribution is 0.101. The molecule has 1 amide bonds. The first-order valence-corrected chi connectivity index (χ1v) is 8.57. The van der Waals surface area contributed by atoms with Crippen LogP contribution in [-0.2, 0) is 13.6 Å². The van der Waals surface area contributed by atoms with Crippen LogP contribution >= 0.6 is 0 Å². The number of halogens is 1. The van der Waals surface area contributed by atoms with Gasteiger partial charge in [0, 0.05) is 25.7 Å². The summed E-state index contributed by atoms with van der Waals surface area (Å²) in [5.41, 5.74) is 4.90. The third kappa shape index (κ3) is 3.01. The highest BCUT2D eigenvalue weighted by molar-refractivity contribution is 6.06. The predicted molar refractivity (Wildman–Crippen MR) is 100 cm³/mol. The first kappa shape index (κ1) is 17.1. The van der Waals surface area contributed by atoms with E-state index in [2.05, 4.69) is 10.4 Å². The summed E-state index contributed by atoms with van der Waals surface area (Å²) in [6, 6.07) is 9.84. The van der Waals surface area contributed by atoms with Gasteiger partial charge in [-0.2, -0.15) is 5.10 Å². The van der Waals surface area contributed by atoms with E-state index in [9.17, 15) is 9.18 Å². The number of benzene rings is 1. The van der Waals surface area contributed by atoms with E-state index in [1.807, 2.05) is 31.5 Å². The van der Waals surface area contributed by atoms with Crippen molar-refractivity contribution in [2.24, 2.45) is 7.05 Å². The summed E-state index contributed by atoms with van der Waals surface area (Å²) in [6.07, 6.45) is 1.57. The minimum Gasteiger partial charge on any atom is -0.463 e. The van der Waals surface area contributed by atoms with Gasteiger partial charge in [0.2, 0.25) is 0 Å². The number of nitrogens with one attached hydrogen (secondary N) is 1. The highest BCUT2D eigenvalue weighted by atomic mass is 19.1. The number of furan rings is 1. The number of anilines is 1. The van der Waals surface area contributed by atoms with E-state index in [0.717, 1.165) is 22.5 Å². The third-order valence-corrected chi connectivity index (χ3v) is 4.73. The number of nitrogens with zero attached hydrogens (tertiary/aromatic N) is 3. The van der Waals surface area contributed by atoms with Crippen molar-refractivity contribution in [2.75, 3.05) is 5.32 Å². The highest BCUT2D eigenvalue weighted by Crippen LogP contribution is 2.25. The zero-order valence-corrected chi connectivity index (χ0v) is 15.3. The Bertz CT molecular complexity index is 1150. The lowest BCUT2D eigenvalue weighted by Crippen LogP contribution is -2.18. The fraction of sp³-hybridized carbons (Fsp3) is 0.200. The summed E-state index contributed by atoms with van der Waals surface area (Å²) < 4.78 is 22.6. The molecule has 0 radical (unpaired) electrons. The van der Waals surface area contributed by atoms with Gasteiger partial charge in [-0.05, 0) is 31.5 Å². The van der Waals surface area contributed by atoms with Crippen molar-refractivity contribution in [1.82, 2.24) is 14.3 Å². The fourth-order valence-electron chi connectivity index (χ4n) is 3.29. The van der Waals surface area contributed by atoms with E-state index in [1.54, 1.807) is 29.1 Å². The normalized spacial score (nSPS) is 11.3. The number of amides is 1. The summed E-state index contributed by atoms with van der Waals surface area (Å²) in [5.74, 6) is -0.576. The van der Waals surface area contributed by atoms with Crippen LogP contribution in [0.5, 0.6) is 0 Å². The molecule has 138 valence electrons. The monoisotopic (exact) mass is 366 g/mol. The van der Waals surface area contributed by atoms with Gasteiger partial charge in [0.15, 0.2) is 5.58 Å². The van der Waals surface area contributed by atoms with Gasteiger partial charge in [-0.15, -0.1) is 0 Å². The molecule has 0 bridgehead atoms. The van der Waals surface area contributed by atoms with Crippen LogP contribution in [0.4, 0.5) is 10.1 Å².